The van der Waals surface area contributed by atoms with Crippen molar-refractivity contribution in [3.63, 3.8) is 0 Å². The molecule has 0 bridgehead atoms. The van der Waals surface area contributed by atoms with Crippen LogP contribution in [0.1, 0.15) is 27.2 Å². The minimum absolute atomic E-state index is 0.506. The standard InChI is InChI=1S/C14H21B/c1-4-5-8-11(2)13-9-6-7-10-14(13)12(3)15/h5-11,13-15H,4H2,1-3H3/b8-5-. The van der Waals surface area contributed by atoms with Crippen molar-refractivity contribution in [3.8, 4) is 0 Å². The van der Waals surface area contributed by atoms with Gasteiger partial charge in [0, 0.05) is 0 Å². The van der Waals surface area contributed by atoms with Gasteiger partial charge in [-0.2, -0.15) is 0 Å². The van der Waals surface area contributed by atoms with Crippen LogP contribution in [0.4, 0.5) is 0 Å². The van der Waals surface area contributed by atoms with Crippen LogP contribution in [0.5, 0.6) is 0 Å². The monoisotopic (exact) mass is 200 g/mol. The Kier molecular flexibility index (Phi) is 4.81. The Balaban J connectivity index is 2.74. The summed E-state index contributed by atoms with van der Waals surface area (Å²) in [5.41, 5.74) is 1.26. The average Bonchev–Trinajstić information content (AvgIpc) is 2.25. The molecule has 0 saturated carbocycles. The van der Waals surface area contributed by atoms with Gasteiger partial charge in [0.25, 0.3) is 0 Å². The van der Waals surface area contributed by atoms with Crippen LogP contribution in [0.15, 0.2) is 36.5 Å². The third-order valence-corrected chi connectivity index (χ3v) is 3.03. The fraction of sp³-hybridized carbons (Fsp3) is 0.500. The van der Waals surface area contributed by atoms with Crippen molar-refractivity contribution in [2.75, 3.05) is 0 Å². The van der Waals surface area contributed by atoms with Gasteiger partial charge in [0.2, 0.25) is 0 Å². The molecule has 1 heteroatoms. The molecule has 1 aliphatic carbocycles. The Labute approximate surface area is 94.8 Å². The third-order valence-electron chi connectivity index (χ3n) is 3.03. The van der Waals surface area contributed by atoms with Gasteiger partial charge in [-0.25, -0.2) is 0 Å². The summed E-state index contributed by atoms with van der Waals surface area (Å²) in [5, 5.41) is 0. The maximum atomic E-state index is 4.08. The second kappa shape index (κ2) is 5.90. The number of rotatable bonds is 4. The van der Waals surface area contributed by atoms with Gasteiger partial charge in [0.05, 0.1) is 0 Å². The second-order valence-electron chi connectivity index (χ2n) is 4.41. The molecule has 0 heterocycles. The van der Waals surface area contributed by atoms with Crippen LogP contribution < -0.4 is 0 Å². The first kappa shape index (κ1) is 12.2. The van der Waals surface area contributed by atoms with Crippen molar-refractivity contribution in [1.82, 2.24) is 0 Å². The van der Waals surface area contributed by atoms with E-state index < -0.39 is 0 Å². The first-order valence-corrected chi connectivity index (χ1v) is 5.83. The van der Waals surface area contributed by atoms with E-state index in [9.17, 15) is 0 Å². The molecule has 15 heavy (non-hydrogen) atoms. The van der Waals surface area contributed by atoms with Crippen molar-refractivity contribution >= 4 is 13.0 Å². The predicted octanol–water partition coefficient (Wildman–Crippen LogP) is 3.04. The summed E-state index contributed by atoms with van der Waals surface area (Å²) < 4.78 is 0. The van der Waals surface area contributed by atoms with Crippen molar-refractivity contribution in [1.29, 1.82) is 0 Å². The third kappa shape index (κ3) is 3.33. The van der Waals surface area contributed by atoms with Crippen molar-refractivity contribution < 1.29 is 0 Å². The van der Waals surface area contributed by atoms with Crippen LogP contribution >= 0.6 is 0 Å². The molecule has 0 radical (unpaired) electrons. The Bertz CT molecular complexity index is 296. The van der Waals surface area contributed by atoms with Crippen LogP contribution in [-0.2, 0) is 0 Å². The topological polar surface area (TPSA) is 0 Å². The molecule has 0 aliphatic heterocycles. The Hall–Kier alpha value is -0.845. The van der Waals surface area contributed by atoms with Crippen LogP contribution in [0.25, 0.3) is 0 Å². The van der Waals surface area contributed by atoms with Gasteiger partial charge in [-0.1, -0.05) is 0 Å². The molecule has 0 aromatic rings. The number of hydrogen-bond donors (Lipinski definition) is 0. The molecule has 3 atom stereocenters. The maximum absolute atomic E-state index is 4.08. The van der Waals surface area contributed by atoms with E-state index >= 15 is 0 Å². The molecule has 0 N–H and O–H groups in total. The van der Waals surface area contributed by atoms with Gasteiger partial charge in [0.1, 0.15) is 0 Å². The Morgan fingerprint density at radius 1 is 1.40 bits per heavy atom. The number of hydrogen-bond acceptors (Lipinski definition) is 0. The molecule has 0 fully saturated rings. The molecule has 0 amide bonds. The van der Waals surface area contributed by atoms with E-state index in [0.717, 1.165) is 6.42 Å². The van der Waals surface area contributed by atoms with E-state index in [2.05, 4.69) is 64.7 Å². The molecule has 0 aromatic carbocycles. The quantitative estimate of drug-likeness (QED) is 0.483. The van der Waals surface area contributed by atoms with Crippen LogP contribution in [0.3, 0.4) is 0 Å². The summed E-state index contributed by atoms with van der Waals surface area (Å²) in [7, 11) is 4.08. The molecule has 80 valence electrons. The second-order valence-corrected chi connectivity index (χ2v) is 4.41. The molecule has 3 unspecified atom stereocenters. The summed E-state index contributed by atoms with van der Waals surface area (Å²) in [4.78, 5) is 0. The zero-order valence-electron chi connectivity index (χ0n) is 10.1. The zero-order chi connectivity index (χ0) is 11.3. The molecule has 1 rings (SSSR count). The molecule has 0 nitrogen and oxygen atoms in total. The van der Waals surface area contributed by atoms with E-state index in [4.69, 9.17) is 0 Å². The Morgan fingerprint density at radius 2 is 2.07 bits per heavy atom. The fourth-order valence-electron chi connectivity index (χ4n) is 2.10. The summed E-state index contributed by atoms with van der Waals surface area (Å²) >= 11 is 0. The predicted molar refractivity (Wildman–Crippen MR) is 71.7 cm³/mol. The normalized spacial score (nSPS) is 27.1. The van der Waals surface area contributed by atoms with E-state index in [0.29, 0.717) is 17.8 Å². The van der Waals surface area contributed by atoms with E-state index in [1.165, 1.54) is 5.46 Å². The van der Waals surface area contributed by atoms with Crippen LogP contribution in [0.2, 0.25) is 0 Å². The van der Waals surface area contributed by atoms with E-state index in [1.54, 1.807) is 0 Å². The van der Waals surface area contributed by atoms with Crippen LogP contribution in [0, 0.1) is 17.8 Å². The van der Waals surface area contributed by atoms with Crippen LogP contribution in [-0.4, -0.2) is 13.0 Å². The molecular formula is C14H21B. The number of allylic oxidation sites excluding steroid dienone is 6. The van der Waals surface area contributed by atoms with Gasteiger partial charge in [-0.15, -0.1) is 0 Å². The average molecular weight is 200 g/mol. The first-order chi connectivity index (χ1) is 7.16. The summed E-state index contributed by atoms with van der Waals surface area (Å²) in [6, 6.07) is 0. The van der Waals surface area contributed by atoms with E-state index in [-0.39, 0.29) is 0 Å². The van der Waals surface area contributed by atoms with Crippen molar-refractivity contribution in [2.24, 2.45) is 17.8 Å². The van der Waals surface area contributed by atoms with Crippen molar-refractivity contribution in [3.05, 3.63) is 36.5 Å². The Morgan fingerprint density at radius 3 is 2.67 bits per heavy atom. The van der Waals surface area contributed by atoms with Gasteiger partial charge in [0.15, 0.2) is 0 Å². The SMILES string of the molecule is B=C(C)C1C=CC=CC1C(C)/C=C\CC. The summed E-state index contributed by atoms with van der Waals surface area (Å²) in [6.07, 6.45) is 14.6. The van der Waals surface area contributed by atoms with Gasteiger partial charge >= 0.3 is 94.4 Å². The molecule has 1 aliphatic rings. The molecule has 0 saturated heterocycles. The molecule has 0 aromatic heterocycles. The van der Waals surface area contributed by atoms with Gasteiger partial charge in [-0.05, 0) is 0 Å². The molecule has 0 spiro atoms. The minimum atomic E-state index is 0.506. The van der Waals surface area contributed by atoms with Gasteiger partial charge in [-0.3, -0.25) is 0 Å². The van der Waals surface area contributed by atoms with Gasteiger partial charge < -0.3 is 0 Å². The summed E-state index contributed by atoms with van der Waals surface area (Å²) in [6.45, 7) is 6.59. The van der Waals surface area contributed by atoms with E-state index in [1.807, 2.05) is 0 Å². The summed E-state index contributed by atoms with van der Waals surface area (Å²) in [5.74, 6) is 1.68. The van der Waals surface area contributed by atoms with Crippen molar-refractivity contribution in [2.45, 2.75) is 27.2 Å². The zero-order valence-corrected chi connectivity index (χ0v) is 10.1. The molecular weight excluding hydrogens is 179 g/mol. The fourth-order valence-corrected chi connectivity index (χ4v) is 2.10. The first-order valence-electron chi connectivity index (χ1n) is 5.83.